The van der Waals surface area contributed by atoms with Crippen molar-refractivity contribution >= 4 is 65.9 Å². The summed E-state index contributed by atoms with van der Waals surface area (Å²) in [4.78, 5) is 27.3. The van der Waals surface area contributed by atoms with Gasteiger partial charge in [0.2, 0.25) is 0 Å². The van der Waals surface area contributed by atoms with E-state index in [1.165, 1.54) is 11.3 Å². The normalized spacial score (nSPS) is 19.1. The molecular formula is C24H23Br2F3N4O4S. The van der Waals surface area contributed by atoms with E-state index < -0.39 is 30.1 Å². The number of nitrogens with zero attached hydrogens (tertiary/aromatic N) is 2. The number of nitrogens with one attached hydrogen (secondary N) is 2. The number of furan rings is 1. The average molecular weight is 680 g/mol. The second kappa shape index (κ2) is 10.3. The van der Waals surface area contributed by atoms with Crippen LogP contribution in [-0.2, 0) is 17.6 Å². The third-order valence-electron chi connectivity index (χ3n) is 6.39. The zero-order valence-corrected chi connectivity index (χ0v) is 24.2. The summed E-state index contributed by atoms with van der Waals surface area (Å²) < 4.78 is 54.4. The maximum absolute atomic E-state index is 14.1. The molecule has 0 saturated carbocycles. The number of carbonyl (C=O) groups is 2. The van der Waals surface area contributed by atoms with Crippen molar-refractivity contribution in [1.29, 1.82) is 0 Å². The fraction of sp³-hybridized carbons (Fsp3) is 0.458. The quantitative estimate of drug-likeness (QED) is 0.273. The second-order valence-corrected chi connectivity index (χ2v) is 12.1. The van der Waals surface area contributed by atoms with Crippen LogP contribution in [0.15, 0.2) is 25.7 Å². The van der Waals surface area contributed by atoms with Gasteiger partial charge in [-0.25, -0.2) is 9.48 Å². The van der Waals surface area contributed by atoms with Gasteiger partial charge >= 0.3 is 12.1 Å². The first-order chi connectivity index (χ1) is 17.9. The maximum Gasteiger partial charge on any atom is 0.410 e. The smallest absolute Gasteiger partial charge is 0.410 e. The van der Waals surface area contributed by atoms with E-state index in [4.69, 9.17) is 9.15 Å². The summed E-state index contributed by atoms with van der Waals surface area (Å²) in [6.07, 6.45) is -2.01. The van der Waals surface area contributed by atoms with Crippen LogP contribution < -0.4 is 10.6 Å². The van der Waals surface area contributed by atoms with Crippen LogP contribution in [0.5, 0.6) is 0 Å². The first kappa shape index (κ1) is 27.3. The number of esters is 1. The predicted molar refractivity (Wildman–Crippen MR) is 142 cm³/mol. The zero-order chi connectivity index (χ0) is 27.4. The van der Waals surface area contributed by atoms with Crippen molar-refractivity contribution in [2.24, 2.45) is 0 Å². The predicted octanol–water partition coefficient (Wildman–Crippen LogP) is 7.42. The van der Waals surface area contributed by atoms with E-state index in [0.717, 1.165) is 34.4 Å². The van der Waals surface area contributed by atoms with E-state index in [9.17, 15) is 22.8 Å². The first-order valence-corrected chi connectivity index (χ1v) is 14.4. The van der Waals surface area contributed by atoms with Crippen LogP contribution in [-0.4, -0.2) is 33.9 Å². The Morgan fingerprint density at radius 1 is 1.26 bits per heavy atom. The number of hydrogen-bond acceptors (Lipinski definition) is 7. The van der Waals surface area contributed by atoms with Gasteiger partial charge in [-0.15, -0.1) is 11.3 Å². The molecule has 0 bridgehead atoms. The number of halogens is 5. The Morgan fingerprint density at radius 2 is 2.00 bits per heavy atom. The highest BCUT2D eigenvalue weighted by molar-refractivity contribution is 9.10. The van der Waals surface area contributed by atoms with E-state index in [-0.39, 0.29) is 28.5 Å². The van der Waals surface area contributed by atoms with Gasteiger partial charge < -0.3 is 19.8 Å². The lowest BCUT2D eigenvalue weighted by atomic mass is 9.95. The van der Waals surface area contributed by atoms with E-state index >= 15 is 0 Å². The number of rotatable bonds is 5. The Labute approximate surface area is 236 Å². The highest BCUT2D eigenvalue weighted by Gasteiger charge is 2.48. The summed E-state index contributed by atoms with van der Waals surface area (Å²) in [5, 5.41) is 10.1. The van der Waals surface area contributed by atoms with E-state index in [0.29, 0.717) is 27.4 Å². The molecule has 5 rings (SSSR count). The van der Waals surface area contributed by atoms with Gasteiger partial charge in [0.15, 0.2) is 16.4 Å². The van der Waals surface area contributed by atoms with E-state index in [1.54, 1.807) is 26.0 Å². The number of thiophene rings is 1. The molecule has 204 valence electrons. The molecule has 0 unspecified atom stereocenters. The van der Waals surface area contributed by atoms with Crippen LogP contribution in [0.2, 0.25) is 0 Å². The van der Waals surface area contributed by atoms with Crippen molar-refractivity contribution in [3.8, 4) is 0 Å². The molecule has 1 amide bonds. The lowest BCUT2D eigenvalue weighted by Gasteiger charge is -2.32. The van der Waals surface area contributed by atoms with E-state index in [2.05, 4.69) is 47.6 Å². The van der Waals surface area contributed by atoms with Crippen LogP contribution in [0.3, 0.4) is 0 Å². The molecule has 3 aromatic heterocycles. The molecule has 1 aliphatic heterocycles. The molecule has 0 aromatic carbocycles. The van der Waals surface area contributed by atoms with E-state index in [1.807, 2.05) is 0 Å². The third kappa shape index (κ3) is 5.14. The molecule has 0 radical (unpaired) electrons. The third-order valence-corrected chi connectivity index (χ3v) is 8.78. The summed E-state index contributed by atoms with van der Waals surface area (Å²) in [6.45, 7) is 3.47. The zero-order valence-electron chi connectivity index (χ0n) is 20.2. The molecule has 4 heterocycles. The topological polar surface area (TPSA) is 98.4 Å². The minimum Gasteiger partial charge on any atom is -0.459 e. The van der Waals surface area contributed by atoms with Crippen LogP contribution in [0.4, 0.5) is 24.0 Å². The van der Waals surface area contributed by atoms with Gasteiger partial charge in [0.05, 0.1) is 22.2 Å². The van der Waals surface area contributed by atoms with Crippen LogP contribution in [0, 0.1) is 0 Å². The van der Waals surface area contributed by atoms with Crippen LogP contribution >= 0.6 is 43.2 Å². The standard InChI is InChI=1S/C24H23Br2F3N4O4S/c1-10(2)36-23(35)17-11-5-3-4-6-14(11)38-22(17)31-21(34)19-18(26)20-30-12(13-7-8-16(25)37-13)9-15(24(27,28)29)33(20)32-19/h7-8,10,12,15,30H,3-6,9H2,1-2H3,(H,31,34)/t12-,15-/m0/s1. The first-order valence-electron chi connectivity index (χ1n) is 12.0. The minimum atomic E-state index is -4.63. The average Bonchev–Trinajstić information content (AvgIpc) is 3.52. The molecule has 0 saturated heterocycles. The van der Waals surface area contributed by atoms with Crippen molar-refractivity contribution in [3.63, 3.8) is 0 Å². The molecule has 3 aromatic rings. The largest absolute Gasteiger partial charge is 0.459 e. The fourth-order valence-corrected chi connectivity index (χ4v) is 6.89. The van der Waals surface area contributed by atoms with Crippen molar-refractivity contribution in [2.75, 3.05) is 10.6 Å². The van der Waals surface area contributed by atoms with Gasteiger partial charge in [-0.2, -0.15) is 18.3 Å². The van der Waals surface area contributed by atoms with Crippen molar-refractivity contribution in [1.82, 2.24) is 9.78 Å². The molecule has 2 aliphatic rings. The van der Waals surface area contributed by atoms with Crippen LogP contribution in [0.25, 0.3) is 0 Å². The summed E-state index contributed by atoms with van der Waals surface area (Å²) in [7, 11) is 0. The molecule has 0 spiro atoms. The molecule has 0 fully saturated rings. The number of carbonyl (C=O) groups excluding carboxylic acids is 2. The molecular weight excluding hydrogens is 657 g/mol. The Kier molecular flexibility index (Phi) is 7.42. The van der Waals surface area contributed by atoms with Gasteiger partial charge in [0, 0.05) is 11.3 Å². The second-order valence-electron chi connectivity index (χ2n) is 9.41. The Morgan fingerprint density at radius 3 is 2.66 bits per heavy atom. The molecule has 2 atom stereocenters. The number of alkyl halides is 3. The monoisotopic (exact) mass is 678 g/mol. The fourth-order valence-electron chi connectivity index (χ4n) is 4.74. The van der Waals surface area contributed by atoms with Gasteiger partial charge in [0.25, 0.3) is 5.91 Å². The SMILES string of the molecule is CC(C)OC(=O)c1c(NC(=O)c2nn3c(c2Br)N[C@H](c2ccc(Br)o2)C[C@H]3C(F)(F)F)sc2c1CCCC2. The van der Waals surface area contributed by atoms with Gasteiger partial charge in [-0.3, -0.25) is 4.79 Å². The highest BCUT2D eigenvalue weighted by Crippen LogP contribution is 2.47. The minimum absolute atomic E-state index is 0.00571. The van der Waals surface area contributed by atoms with Gasteiger partial charge in [-0.05, 0) is 89.1 Å². The molecule has 2 N–H and O–H groups in total. The summed E-state index contributed by atoms with van der Waals surface area (Å²) in [5.41, 5.74) is 0.927. The number of hydrogen-bond donors (Lipinski definition) is 2. The number of ether oxygens (including phenoxy) is 1. The molecule has 8 nitrogen and oxygen atoms in total. The Balaban J connectivity index is 1.49. The highest BCUT2D eigenvalue weighted by atomic mass is 79.9. The summed E-state index contributed by atoms with van der Waals surface area (Å²) >= 11 is 7.75. The van der Waals surface area contributed by atoms with Crippen molar-refractivity contribution in [3.05, 3.63) is 48.7 Å². The Bertz CT molecular complexity index is 1400. The number of aryl methyl sites for hydroxylation is 1. The van der Waals surface area contributed by atoms with Crippen molar-refractivity contribution in [2.45, 2.75) is 70.3 Å². The summed E-state index contributed by atoms with van der Waals surface area (Å²) in [5.74, 6) is -0.958. The van der Waals surface area contributed by atoms with Crippen LogP contribution in [0.1, 0.15) is 82.2 Å². The Hall–Kier alpha value is -2.32. The lowest BCUT2D eigenvalue weighted by molar-refractivity contribution is -0.174. The molecule has 1 aliphatic carbocycles. The molecule has 38 heavy (non-hydrogen) atoms. The maximum atomic E-state index is 14.1. The molecule has 14 heteroatoms. The number of anilines is 2. The lowest BCUT2D eigenvalue weighted by Crippen LogP contribution is -2.35. The summed E-state index contributed by atoms with van der Waals surface area (Å²) in [6, 6.07) is 0.392. The number of fused-ring (bicyclic) bond motifs is 2. The van der Waals surface area contributed by atoms with Gasteiger partial charge in [-0.1, -0.05) is 0 Å². The van der Waals surface area contributed by atoms with Gasteiger partial charge in [0.1, 0.15) is 16.6 Å². The number of amides is 1. The van der Waals surface area contributed by atoms with Crippen molar-refractivity contribution < 1.29 is 31.9 Å². The number of aromatic nitrogens is 2.